The van der Waals surface area contributed by atoms with Gasteiger partial charge in [0.05, 0.1) is 19.6 Å². The van der Waals surface area contributed by atoms with Crippen LogP contribution < -0.4 is 20.6 Å². The second kappa shape index (κ2) is 10.4. The lowest BCUT2D eigenvalue weighted by atomic mass is 10.1. The molecule has 0 atom stereocenters. The molecule has 14 nitrogen and oxygen atoms in total. The van der Waals surface area contributed by atoms with Crippen LogP contribution >= 0.6 is 0 Å². The minimum atomic E-state index is -0.732. The molecule has 2 aromatic carbocycles. The lowest BCUT2D eigenvalue weighted by molar-refractivity contribution is 0.0695. The van der Waals surface area contributed by atoms with E-state index in [9.17, 15) is 9.59 Å². The predicted octanol–water partition coefficient (Wildman–Crippen LogP) is 2.48. The Kier molecular flexibility index (Phi) is 6.58. The van der Waals surface area contributed by atoms with E-state index in [1.807, 2.05) is 6.07 Å². The molecule has 3 aromatic heterocycles. The highest BCUT2D eigenvalue weighted by molar-refractivity contribution is 5.99. The molecule has 0 aliphatic heterocycles. The second-order valence-electron chi connectivity index (χ2n) is 7.48. The molecule has 0 bridgehead atoms. The van der Waals surface area contributed by atoms with Crippen LogP contribution in [0.4, 0.5) is 5.82 Å². The number of furan rings is 1. The highest BCUT2D eigenvalue weighted by Crippen LogP contribution is 2.31. The van der Waals surface area contributed by atoms with E-state index in [0.717, 1.165) is 0 Å². The molecule has 0 aliphatic carbocycles. The smallest absolute Gasteiger partial charge is 0.379 e. The molecule has 0 saturated heterocycles. The summed E-state index contributed by atoms with van der Waals surface area (Å²) in [6, 6.07) is 16.8. The van der Waals surface area contributed by atoms with E-state index in [0.29, 0.717) is 11.1 Å². The summed E-state index contributed by atoms with van der Waals surface area (Å²) in [5.41, 5.74) is 9.40. The molecule has 3 heterocycles. The molecular weight excluding hydrogens is 496 g/mol. The number of nitrogens with one attached hydrogen (secondary N) is 1. The van der Waals surface area contributed by atoms with E-state index in [4.69, 9.17) is 19.6 Å². The molecule has 5 rings (SSSR count). The van der Waals surface area contributed by atoms with Gasteiger partial charge in [-0.05, 0) is 34.6 Å². The number of amides is 1. The van der Waals surface area contributed by atoms with E-state index in [1.54, 1.807) is 48.5 Å². The van der Waals surface area contributed by atoms with Gasteiger partial charge in [0.15, 0.2) is 17.2 Å². The third-order valence-electron chi connectivity index (χ3n) is 5.14. The number of rotatable bonds is 8. The van der Waals surface area contributed by atoms with Crippen molar-refractivity contribution in [1.29, 1.82) is 0 Å². The molecule has 5 aromatic rings. The van der Waals surface area contributed by atoms with Crippen molar-refractivity contribution in [3.8, 4) is 28.6 Å². The maximum atomic E-state index is 13.1. The molecule has 0 radical (unpaired) electrons. The van der Waals surface area contributed by atoms with Crippen molar-refractivity contribution in [3.05, 3.63) is 83.9 Å². The maximum Gasteiger partial charge on any atom is 0.379 e. The minimum Gasteiger partial charge on any atom is -0.493 e. The van der Waals surface area contributed by atoms with Gasteiger partial charge >= 0.3 is 5.97 Å². The number of nitrogens with two attached hydrogens (primary N) is 1. The Bertz CT molecular complexity index is 1610. The largest absolute Gasteiger partial charge is 0.493 e. The summed E-state index contributed by atoms with van der Waals surface area (Å²) < 4.78 is 21.8. The average molecular weight is 514 g/mol. The maximum absolute atomic E-state index is 13.1. The van der Waals surface area contributed by atoms with Crippen molar-refractivity contribution in [2.45, 2.75) is 0 Å². The number of ether oxygens (including phenoxy) is 2. The molecule has 0 spiro atoms. The van der Waals surface area contributed by atoms with Crippen molar-refractivity contribution < 1.29 is 28.1 Å². The van der Waals surface area contributed by atoms with Gasteiger partial charge in [-0.25, -0.2) is 14.8 Å². The number of carbonyl (C=O) groups excluding carboxylic acids is 2. The van der Waals surface area contributed by atoms with Crippen LogP contribution in [0.1, 0.15) is 26.6 Å². The van der Waals surface area contributed by atoms with Gasteiger partial charge in [0.2, 0.25) is 17.4 Å². The second-order valence-corrected chi connectivity index (χ2v) is 7.48. The van der Waals surface area contributed by atoms with E-state index in [1.165, 1.54) is 30.3 Å². The van der Waals surface area contributed by atoms with Gasteiger partial charge in [0.25, 0.3) is 5.91 Å². The molecular formula is C24H18N8O6. The number of methoxy groups -OCH3 is 1. The Morgan fingerprint density at radius 3 is 2.63 bits per heavy atom. The standard InChI is InChI=1S/C24H18N8O6/c1-35-16-10-5-9-15(20(16)37-24(34)17-11-6-12-36-17)13-26-28-23(33)18-19(14-7-3-2-4-8-14)32(31-27-18)22-21(25)29-38-30-22/h2-13H,1H3,(H2,25,29)(H,28,33)/b26-13+. The van der Waals surface area contributed by atoms with Crippen molar-refractivity contribution in [1.82, 2.24) is 30.7 Å². The number of benzene rings is 2. The average Bonchev–Trinajstić information content (AvgIpc) is 3.71. The zero-order valence-corrected chi connectivity index (χ0v) is 19.6. The molecule has 14 heteroatoms. The van der Waals surface area contributed by atoms with Gasteiger partial charge in [-0.1, -0.05) is 41.6 Å². The fourth-order valence-electron chi connectivity index (χ4n) is 3.43. The fraction of sp³-hybridized carbons (Fsp3) is 0.0417. The first-order chi connectivity index (χ1) is 18.6. The summed E-state index contributed by atoms with van der Waals surface area (Å²) in [6.07, 6.45) is 2.64. The summed E-state index contributed by atoms with van der Waals surface area (Å²) in [4.78, 5) is 25.5. The van der Waals surface area contributed by atoms with E-state index < -0.39 is 11.9 Å². The molecule has 0 aliphatic rings. The molecule has 0 unspecified atom stereocenters. The quantitative estimate of drug-likeness (QED) is 0.134. The normalized spacial score (nSPS) is 11.0. The van der Waals surface area contributed by atoms with Crippen LogP contribution in [0.5, 0.6) is 11.5 Å². The molecule has 1 amide bonds. The van der Waals surface area contributed by atoms with Crippen LogP contribution in [0.3, 0.4) is 0 Å². The number of hydrogen-bond donors (Lipinski definition) is 2. The van der Waals surface area contributed by atoms with E-state index >= 15 is 0 Å². The highest BCUT2D eigenvalue weighted by Gasteiger charge is 2.25. The molecule has 3 N–H and O–H groups in total. The number of aromatic nitrogens is 5. The molecule has 0 fully saturated rings. The summed E-state index contributed by atoms with van der Waals surface area (Å²) in [5.74, 6) is -1.02. The highest BCUT2D eigenvalue weighted by atomic mass is 16.6. The summed E-state index contributed by atoms with van der Waals surface area (Å²) >= 11 is 0. The van der Waals surface area contributed by atoms with E-state index in [-0.39, 0.29) is 40.3 Å². The van der Waals surface area contributed by atoms with Gasteiger partial charge in [-0.2, -0.15) is 9.78 Å². The first-order valence-electron chi connectivity index (χ1n) is 10.9. The Labute approximate surface area is 213 Å². The number of para-hydroxylation sites is 1. The monoisotopic (exact) mass is 514 g/mol. The minimum absolute atomic E-state index is 0.00609. The summed E-state index contributed by atoms with van der Waals surface area (Å²) in [5, 5.41) is 19.3. The number of esters is 1. The zero-order chi connectivity index (χ0) is 26.5. The third kappa shape index (κ3) is 4.68. The Hall–Kier alpha value is -5.79. The first kappa shape index (κ1) is 23.9. The Balaban J connectivity index is 1.42. The number of nitrogen functional groups attached to an aromatic ring is 1. The van der Waals surface area contributed by atoms with Crippen LogP contribution in [0.25, 0.3) is 17.1 Å². The Morgan fingerprint density at radius 1 is 1.08 bits per heavy atom. The van der Waals surface area contributed by atoms with Crippen LogP contribution in [0.2, 0.25) is 0 Å². The van der Waals surface area contributed by atoms with Crippen molar-refractivity contribution in [2.24, 2.45) is 5.10 Å². The van der Waals surface area contributed by atoms with Gasteiger partial charge < -0.3 is 19.6 Å². The summed E-state index contributed by atoms with van der Waals surface area (Å²) in [7, 11) is 1.42. The van der Waals surface area contributed by atoms with Gasteiger partial charge in [-0.3, -0.25) is 4.79 Å². The number of anilines is 1. The van der Waals surface area contributed by atoms with Gasteiger partial charge in [0.1, 0.15) is 5.69 Å². The van der Waals surface area contributed by atoms with Gasteiger partial charge in [-0.15, -0.1) is 5.10 Å². The number of carbonyl (C=O) groups is 2. The lowest BCUT2D eigenvalue weighted by Crippen LogP contribution is -2.19. The lowest BCUT2D eigenvalue weighted by Gasteiger charge is -2.11. The summed E-state index contributed by atoms with van der Waals surface area (Å²) in [6.45, 7) is 0. The molecule has 38 heavy (non-hydrogen) atoms. The van der Waals surface area contributed by atoms with Crippen LogP contribution in [0.15, 0.2) is 81.1 Å². The number of nitrogens with zero attached hydrogens (tertiary/aromatic N) is 6. The fourth-order valence-corrected chi connectivity index (χ4v) is 3.43. The predicted molar refractivity (Wildman–Crippen MR) is 131 cm³/mol. The SMILES string of the molecule is COc1cccc(/C=N/NC(=O)c2nnn(-c3nonc3N)c2-c2ccccc2)c1OC(=O)c1ccco1. The van der Waals surface area contributed by atoms with Crippen molar-refractivity contribution in [3.63, 3.8) is 0 Å². The first-order valence-corrected chi connectivity index (χ1v) is 10.9. The molecule has 0 saturated carbocycles. The van der Waals surface area contributed by atoms with Gasteiger partial charge in [0, 0.05) is 11.1 Å². The zero-order valence-electron chi connectivity index (χ0n) is 19.6. The third-order valence-corrected chi connectivity index (χ3v) is 5.14. The van der Waals surface area contributed by atoms with E-state index in [2.05, 4.69) is 35.8 Å². The van der Waals surface area contributed by atoms with Crippen molar-refractivity contribution >= 4 is 23.9 Å². The molecule has 190 valence electrons. The van der Waals surface area contributed by atoms with Crippen LogP contribution in [-0.4, -0.2) is 50.5 Å². The number of hydrazone groups is 1. The topological polar surface area (TPSA) is 186 Å². The Morgan fingerprint density at radius 2 is 1.92 bits per heavy atom. The van der Waals surface area contributed by atoms with Crippen molar-refractivity contribution in [2.75, 3.05) is 12.8 Å². The van der Waals surface area contributed by atoms with Crippen LogP contribution in [-0.2, 0) is 0 Å². The van der Waals surface area contributed by atoms with Crippen LogP contribution in [0, 0.1) is 0 Å². The number of hydrogen-bond acceptors (Lipinski definition) is 12.